The van der Waals surface area contributed by atoms with Crippen molar-refractivity contribution in [1.82, 2.24) is 0 Å². The number of amides is 1. The number of hydrogen-bond donors (Lipinski definition) is 1. The number of rotatable bonds is 3. The molecule has 0 radical (unpaired) electrons. The van der Waals surface area contributed by atoms with Crippen molar-refractivity contribution in [2.24, 2.45) is 4.99 Å². The average Bonchev–Trinajstić information content (AvgIpc) is 2.81. The molecule has 0 spiro atoms. The molecule has 1 N–H and O–H groups in total. The van der Waals surface area contributed by atoms with Crippen LogP contribution in [-0.4, -0.2) is 17.9 Å². The molecule has 4 heteroatoms. The summed E-state index contributed by atoms with van der Waals surface area (Å²) in [5.41, 5.74) is 3.03. The number of para-hydroxylation sites is 1. The summed E-state index contributed by atoms with van der Waals surface area (Å²) in [6.45, 7) is 1.52. The van der Waals surface area contributed by atoms with Gasteiger partial charge in [-0.1, -0.05) is 30.3 Å². The fourth-order valence-electron chi connectivity index (χ4n) is 2.35. The summed E-state index contributed by atoms with van der Waals surface area (Å²) in [6, 6.07) is 14.6. The van der Waals surface area contributed by atoms with Crippen LogP contribution in [-0.2, 0) is 4.79 Å². The fourth-order valence-corrected chi connectivity index (χ4v) is 2.35. The molecule has 4 nitrogen and oxygen atoms in total. The molecule has 0 saturated heterocycles. The van der Waals surface area contributed by atoms with E-state index in [9.17, 15) is 9.59 Å². The Kier molecular flexibility index (Phi) is 3.36. The molecule has 0 aliphatic carbocycles. The van der Waals surface area contributed by atoms with Gasteiger partial charge in [-0.2, -0.15) is 0 Å². The summed E-state index contributed by atoms with van der Waals surface area (Å²) in [5, 5.41) is 2.83. The highest BCUT2D eigenvalue weighted by molar-refractivity contribution is 6.12. The van der Waals surface area contributed by atoms with Crippen LogP contribution in [0.15, 0.2) is 53.5 Å². The third-order valence-corrected chi connectivity index (χ3v) is 3.46. The van der Waals surface area contributed by atoms with Gasteiger partial charge in [-0.25, -0.2) is 0 Å². The molecule has 1 amide bonds. The van der Waals surface area contributed by atoms with Gasteiger partial charge in [0.25, 0.3) is 0 Å². The van der Waals surface area contributed by atoms with Crippen molar-refractivity contribution in [1.29, 1.82) is 0 Å². The van der Waals surface area contributed by atoms with Crippen molar-refractivity contribution in [3.63, 3.8) is 0 Å². The minimum Gasteiger partial charge on any atom is -0.325 e. The first-order chi connectivity index (χ1) is 10.1. The SMILES string of the molecule is CC(=O)c1cccc(N=CC2C(=O)Nc3ccccc32)c1. The Bertz CT molecular complexity index is 750. The van der Waals surface area contributed by atoms with Crippen LogP contribution in [0.25, 0.3) is 0 Å². The minimum absolute atomic E-state index is 0.00370. The lowest BCUT2D eigenvalue weighted by molar-refractivity contribution is -0.115. The van der Waals surface area contributed by atoms with Crippen LogP contribution in [0.3, 0.4) is 0 Å². The van der Waals surface area contributed by atoms with E-state index in [4.69, 9.17) is 0 Å². The molecule has 0 bridgehead atoms. The van der Waals surface area contributed by atoms with Gasteiger partial charge in [0.05, 0.1) is 5.69 Å². The highest BCUT2D eigenvalue weighted by Gasteiger charge is 2.28. The van der Waals surface area contributed by atoms with Crippen molar-refractivity contribution in [2.75, 3.05) is 5.32 Å². The van der Waals surface area contributed by atoms with Crippen LogP contribution in [0.5, 0.6) is 0 Å². The van der Waals surface area contributed by atoms with Crippen LogP contribution >= 0.6 is 0 Å². The molecule has 104 valence electrons. The monoisotopic (exact) mass is 278 g/mol. The number of nitrogens with zero attached hydrogens (tertiary/aromatic N) is 1. The van der Waals surface area contributed by atoms with Crippen molar-refractivity contribution in [2.45, 2.75) is 12.8 Å². The molecule has 3 rings (SSSR count). The molecule has 1 atom stereocenters. The number of carbonyl (C=O) groups excluding carboxylic acids is 2. The Morgan fingerprint density at radius 3 is 2.81 bits per heavy atom. The minimum atomic E-state index is -0.387. The van der Waals surface area contributed by atoms with Crippen LogP contribution in [0.4, 0.5) is 11.4 Å². The van der Waals surface area contributed by atoms with Gasteiger partial charge in [0.2, 0.25) is 5.91 Å². The molecule has 1 heterocycles. The Hall–Kier alpha value is -2.75. The van der Waals surface area contributed by atoms with Crippen molar-refractivity contribution in [3.05, 3.63) is 59.7 Å². The second-order valence-electron chi connectivity index (χ2n) is 4.94. The maximum absolute atomic E-state index is 12.0. The number of hydrogen-bond acceptors (Lipinski definition) is 3. The summed E-state index contributed by atoms with van der Waals surface area (Å²) in [7, 11) is 0. The number of carbonyl (C=O) groups is 2. The first kappa shape index (κ1) is 13.2. The van der Waals surface area contributed by atoms with E-state index in [2.05, 4.69) is 10.3 Å². The Labute approximate surface area is 122 Å². The number of aliphatic imine (C=N–C) groups is 1. The predicted octanol–water partition coefficient (Wildman–Crippen LogP) is 3.33. The summed E-state index contributed by atoms with van der Waals surface area (Å²) in [4.78, 5) is 27.7. The third-order valence-electron chi connectivity index (χ3n) is 3.46. The second-order valence-corrected chi connectivity index (χ2v) is 4.94. The molecule has 2 aromatic carbocycles. The number of ketones is 1. The van der Waals surface area contributed by atoms with Gasteiger partial charge in [0.15, 0.2) is 5.78 Å². The van der Waals surface area contributed by atoms with E-state index in [0.29, 0.717) is 11.3 Å². The highest BCUT2D eigenvalue weighted by Crippen LogP contribution is 2.31. The third kappa shape index (κ3) is 2.60. The number of fused-ring (bicyclic) bond motifs is 1. The molecule has 0 fully saturated rings. The quantitative estimate of drug-likeness (QED) is 0.691. The molecule has 21 heavy (non-hydrogen) atoms. The van der Waals surface area contributed by atoms with E-state index >= 15 is 0 Å². The molecule has 2 aromatic rings. The van der Waals surface area contributed by atoms with E-state index in [0.717, 1.165) is 11.3 Å². The molecular weight excluding hydrogens is 264 g/mol. The lowest BCUT2D eigenvalue weighted by atomic mass is 10.0. The maximum Gasteiger partial charge on any atom is 0.237 e. The molecular formula is C17H14N2O2. The Morgan fingerprint density at radius 1 is 1.19 bits per heavy atom. The van der Waals surface area contributed by atoms with Crippen molar-refractivity contribution >= 4 is 29.3 Å². The van der Waals surface area contributed by atoms with Crippen molar-refractivity contribution in [3.8, 4) is 0 Å². The zero-order valence-electron chi connectivity index (χ0n) is 11.5. The van der Waals surface area contributed by atoms with Crippen molar-refractivity contribution < 1.29 is 9.59 Å². The largest absolute Gasteiger partial charge is 0.325 e. The van der Waals surface area contributed by atoms with Gasteiger partial charge >= 0.3 is 0 Å². The summed E-state index contributed by atoms with van der Waals surface area (Å²) in [6.07, 6.45) is 1.63. The molecule has 1 aliphatic rings. The smallest absolute Gasteiger partial charge is 0.237 e. The molecule has 1 aliphatic heterocycles. The first-order valence-corrected chi connectivity index (χ1v) is 6.70. The molecule has 0 aromatic heterocycles. The number of benzene rings is 2. The van der Waals surface area contributed by atoms with Gasteiger partial charge in [-0.3, -0.25) is 14.6 Å². The summed E-state index contributed by atoms with van der Waals surface area (Å²) >= 11 is 0. The predicted molar refractivity (Wildman–Crippen MR) is 82.4 cm³/mol. The van der Waals surface area contributed by atoms with Crippen LogP contribution in [0, 0.1) is 0 Å². The van der Waals surface area contributed by atoms with E-state index in [1.54, 1.807) is 24.4 Å². The Morgan fingerprint density at radius 2 is 2.00 bits per heavy atom. The first-order valence-electron chi connectivity index (χ1n) is 6.70. The van der Waals surface area contributed by atoms with Crippen LogP contribution in [0.1, 0.15) is 28.8 Å². The molecule has 1 unspecified atom stereocenters. The van der Waals surface area contributed by atoms with E-state index in [1.807, 2.05) is 30.3 Å². The lowest BCUT2D eigenvalue weighted by Crippen LogP contribution is -2.12. The highest BCUT2D eigenvalue weighted by atomic mass is 16.2. The standard InChI is InChI=1S/C17H14N2O2/c1-11(20)12-5-4-6-13(9-12)18-10-15-14-7-2-3-8-16(14)19-17(15)21/h2-10,15H,1H3,(H,19,21). The number of nitrogens with one attached hydrogen (secondary N) is 1. The fraction of sp³-hybridized carbons (Fsp3) is 0.118. The maximum atomic E-state index is 12.0. The topological polar surface area (TPSA) is 58.5 Å². The normalized spacial score (nSPS) is 16.8. The van der Waals surface area contributed by atoms with Gasteiger partial charge in [-0.05, 0) is 30.7 Å². The lowest BCUT2D eigenvalue weighted by Gasteiger charge is -2.02. The molecule has 0 saturated carbocycles. The van der Waals surface area contributed by atoms with Gasteiger partial charge in [0, 0.05) is 17.5 Å². The average molecular weight is 278 g/mol. The summed E-state index contributed by atoms with van der Waals surface area (Å²) < 4.78 is 0. The van der Waals surface area contributed by atoms with E-state index in [-0.39, 0.29) is 17.6 Å². The number of anilines is 1. The van der Waals surface area contributed by atoms with Crippen LogP contribution < -0.4 is 5.32 Å². The zero-order chi connectivity index (χ0) is 14.8. The second kappa shape index (κ2) is 5.32. The van der Waals surface area contributed by atoms with Crippen LogP contribution in [0.2, 0.25) is 0 Å². The van der Waals surface area contributed by atoms with E-state index in [1.165, 1.54) is 6.92 Å². The summed E-state index contributed by atoms with van der Waals surface area (Å²) in [5.74, 6) is -0.471. The van der Waals surface area contributed by atoms with E-state index < -0.39 is 0 Å². The zero-order valence-corrected chi connectivity index (χ0v) is 11.5. The van der Waals surface area contributed by atoms with Gasteiger partial charge in [0.1, 0.15) is 5.92 Å². The number of Topliss-reactive ketones (excluding diaryl/α,β-unsaturated/α-hetero) is 1. The van der Waals surface area contributed by atoms with Gasteiger partial charge in [-0.15, -0.1) is 0 Å². The Balaban J connectivity index is 1.88. The van der Waals surface area contributed by atoms with Gasteiger partial charge < -0.3 is 5.32 Å².